The summed E-state index contributed by atoms with van der Waals surface area (Å²) in [5, 5.41) is 0. The van der Waals surface area contributed by atoms with E-state index in [1.54, 1.807) is 0 Å². The van der Waals surface area contributed by atoms with E-state index < -0.39 is 12.7 Å². The van der Waals surface area contributed by atoms with Gasteiger partial charge in [-0.15, -0.1) is 0 Å². The van der Waals surface area contributed by atoms with Crippen LogP contribution in [0.2, 0.25) is 0 Å². The van der Waals surface area contributed by atoms with Gasteiger partial charge in [0.1, 0.15) is 0 Å². The second-order valence-corrected chi connectivity index (χ2v) is 4.75. The van der Waals surface area contributed by atoms with Gasteiger partial charge in [0.2, 0.25) is 0 Å². The van der Waals surface area contributed by atoms with Crippen molar-refractivity contribution in [2.75, 3.05) is 19.6 Å². The normalized spacial score (nSPS) is 22.0. The van der Waals surface area contributed by atoms with Gasteiger partial charge in [0.05, 0.1) is 6.54 Å². The number of aryl methyl sites for hydroxylation is 1. The molecule has 1 fully saturated rings. The number of nitrogens with zero attached hydrogens (tertiary/aromatic N) is 1. The monoisotopic (exact) mass is 243 g/mol. The number of hydrogen-bond donors (Lipinski definition) is 0. The molecule has 1 aliphatic rings. The average Bonchev–Trinajstić information content (AvgIpc) is 2.64. The highest BCUT2D eigenvalue weighted by atomic mass is 19.4. The molecule has 94 valence electrons. The first kappa shape index (κ1) is 12.4. The molecular formula is C13H16F3N. The lowest BCUT2D eigenvalue weighted by molar-refractivity contribution is -0.143. The molecule has 1 heterocycles. The largest absolute Gasteiger partial charge is 0.401 e. The van der Waals surface area contributed by atoms with E-state index in [-0.39, 0.29) is 5.92 Å². The number of likely N-dealkylation sites (tertiary alicyclic amines) is 1. The highest BCUT2D eigenvalue weighted by molar-refractivity contribution is 5.25. The number of rotatable bonds is 2. The first-order valence-corrected chi connectivity index (χ1v) is 5.80. The van der Waals surface area contributed by atoms with Crippen molar-refractivity contribution in [3.63, 3.8) is 0 Å². The zero-order valence-corrected chi connectivity index (χ0v) is 9.80. The first-order chi connectivity index (χ1) is 7.94. The zero-order chi connectivity index (χ0) is 12.5. The molecule has 1 saturated heterocycles. The number of alkyl halides is 3. The van der Waals surface area contributed by atoms with Crippen LogP contribution in [0.4, 0.5) is 13.2 Å². The third-order valence-corrected chi connectivity index (χ3v) is 3.22. The van der Waals surface area contributed by atoms with Crippen LogP contribution in [0.15, 0.2) is 24.3 Å². The fourth-order valence-corrected chi connectivity index (χ4v) is 2.34. The Morgan fingerprint density at radius 3 is 2.47 bits per heavy atom. The van der Waals surface area contributed by atoms with E-state index in [4.69, 9.17) is 0 Å². The van der Waals surface area contributed by atoms with Crippen LogP contribution in [0.3, 0.4) is 0 Å². The molecule has 17 heavy (non-hydrogen) atoms. The molecule has 4 heteroatoms. The molecule has 0 saturated carbocycles. The Labute approximate surface area is 99.2 Å². The van der Waals surface area contributed by atoms with Gasteiger partial charge in [0.25, 0.3) is 0 Å². The van der Waals surface area contributed by atoms with Crippen LogP contribution >= 0.6 is 0 Å². The minimum atomic E-state index is -4.08. The van der Waals surface area contributed by atoms with E-state index in [9.17, 15) is 13.2 Å². The third kappa shape index (κ3) is 3.46. The Morgan fingerprint density at radius 1 is 1.24 bits per heavy atom. The van der Waals surface area contributed by atoms with Crippen molar-refractivity contribution in [2.24, 2.45) is 0 Å². The fraction of sp³-hybridized carbons (Fsp3) is 0.538. The molecule has 1 aromatic carbocycles. The highest BCUT2D eigenvalue weighted by Crippen LogP contribution is 2.29. The van der Waals surface area contributed by atoms with E-state index in [0.717, 1.165) is 12.0 Å². The zero-order valence-electron chi connectivity index (χ0n) is 9.80. The molecule has 1 atom stereocenters. The molecule has 0 N–H and O–H groups in total. The SMILES string of the molecule is Cc1ccc(C2CCN(CC(F)(F)F)C2)cc1. The average molecular weight is 243 g/mol. The van der Waals surface area contributed by atoms with Crippen LogP contribution in [0.5, 0.6) is 0 Å². The van der Waals surface area contributed by atoms with Gasteiger partial charge in [-0.2, -0.15) is 13.2 Å². The fourth-order valence-electron chi connectivity index (χ4n) is 2.34. The summed E-state index contributed by atoms with van der Waals surface area (Å²) in [6.07, 6.45) is -3.26. The lowest BCUT2D eigenvalue weighted by Gasteiger charge is -2.18. The van der Waals surface area contributed by atoms with E-state index in [1.165, 1.54) is 10.5 Å². The Kier molecular flexibility index (Phi) is 3.43. The van der Waals surface area contributed by atoms with Crippen molar-refractivity contribution in [1.29, 1.82) is 0 Å². The minimum absolute atomic E-state index is 0.248. The predicted molar refractivity (Wildman–Crippen MR) is 61.0 cm³/mol. The number of benzene rings is 1. The summed E-state index contributed by atoms with van der Waals surface area (Å²) < 4.78 is 36.7. The molecule has 0 radical (unpaired) electrons. The summed E-state index contributed by atoms with van der Waals surface area (Å²) >= 11 is 0. The summed E-state index contributed by atoms with van der Waals surface area (Å²) in [6.45, 7) is 2.28. The van der Waals surface area contributed by atoms with Crippen molar-refractivity contribution >= 4 is 0 Å². The summed E-state index contributed by atoms with van der Waals surface area (Å²) in [4.78, 5) is 1.49. The number of halogens is 3. The van der Waals surface area contributed by atoms with Gasteiger partial charge in [0.15, 0.2) is 0 Å². The van der Waals surface area contributed by atoms with Gasteiger partial charge in [-0.25, -0.2) is 0 Å². The molecule has 0 aliphatic carbocycles. The van der Waals surface area contributed by atoms with Crippen LogP contribution in [-0.2, 0) is 0 Å². The van der Waals surface area contributed by atoms with Gasteiger partial charge in [0, 0.05) is 6.54 Å². The lowest BCUT2D eigenvalue weighted by Crippen LogP contribution is -2.32. The van der Waals surface area contributed by atoms with E-state index in [1.807, 2.05) is 31.2 Å². The van der Waals surface area contributed by atoms with Gasteiger partial charge in [-0.1, -0.05) is 29.8 Å². The molecule has 1 unspecified atom stereocenters. The van der Waals surface area contributed by atoms with Gasteiger partial charge in [-0.3, -0.25) is 4.90 Å². The van der Waals surface area contributed by atoms with Crippen molar-refractivity contribution < 1.29 is 13.2 Å². The minimum Gasteiger partial charge on any atom is -0.294 e. The van der Waals surface area contributed by atoms with Crippen LogP contribution in [0, 0.1) is 6.92 Å². The van der Waals surface area contributed by atoms with Crippen LogP contribution in [0.1, 0.15) is 23.5 Å². The Bertz CT molecular complexity index is 369. The van der Waals surface area contributed by atoms with E-state index in [0.29, 0.717) is 13.1 Å². The first-order valence-electron chi connectivity index (χ1n) is 5.80. The maximum absolute atomic E-state index is 12.2. The van der Waals surface area contributed by atoms with Crippen LogP contribution in [-0.4, -0.2) is 30.7 Å². The molecule has 0 aromatic heterocycles. The predicted octanol–water partition coefficient (Wildman–Crippen LogP) is 3.35. The Balaban J connectivity index is 1.96. The molecule has 1 aromatic rings. The van der Waals surface area contributed by atoms with E-state index >= 15 is 0 Å². The summed E-state index contributed by atoms with van der Waals surface area (Å²) in [6, 6.07) is 8.08. The van der Waals surface area contributed by atoms with Crippen molar-refractivity contribution in [3.05, 3.63) is 35.4 Å². The molecule has 1 nitrogen and oxygen atoms in total. The smallest absolute Gasteiger partial charge is 0.294 e. The summed E-state index contributed by atoms with van der Waals surface area (Å²) in [5.74, 6) is 0.248. The van der Waals surface area contributed by atoms with Crippen LogP contribution in [0.25, 0.3) is 0 Å². The van der Waals surface area contributed by atoms with Crippen molar-refractivity contribution in [1.82, 2.24) is 4.90 Å². The molecule has 0 amide bonds. The Hall–Kier alpha value is -1.03. The molecular weight excluding hydrogens is 227 g/mol. The lowest BCUT2D eigenvalue weighted by atomic mass is 9.98. The molecule has 0 bridgehead atoms. The maximum Gasteiger partial charge on any atom is 0.401 e. The maximum atomic E-state index is 12.2. The second-order valence-electron chi connectivity index (χ2n) is 4.75. The highest BCUT2D eigenvalue weighted by Gasteiger charge is 2.34. The third-order valence-electron chi connectivity index (χ3n) is 3.22. The standard InChI is InChI=1S/C13H16F3N/c1-10-2-4-11(5-3-10)12-6-7-17(8-12)9-13(14,15)16/h2-5,12H,6-9H2,1H3. The molecule has 2 rings (SSSR count). The van der Waals surface area contributed by atoms with E-state index in [2.05, 4.69) is 0 Å². The van der Waals surface area contributed by atoms with Crippen molar-refractivity contribution in [2.45, 2.75) is 25.4 Å². The molecule has 0 spiro atoms. The quantitative estimate of drug-likeness (QED) is 0.770. The summed E-state index contributed by atoms with van der Waals surface area (Å²) in [7, 11) is 0. The van der Waals surface area contributed by atoms with Crippen LogP contribution < -0.4 is 0 Å². The van der Waals surface area contributed by atoms with Gasteiger partial charge in [-0.05, 0) is 31.4 Å². The van der Waals surface area contributed by atoms with Gasteiger partial charge < -0.3 is 0 Å². The second kappa shape index (κ2) is 4.69. The molecule has 1 aliphatic heterocycles. The summed E-state index contributed by atoms with van der Waals surface area (Å²) in [5.41, 5.74) is 2.33. The van der Waals surface area contributed by atoms with Gasteiger partial charge >= 0.3 is 6.18 Å². The Morgan fingerprint density at radius 2 is 1.88 bits per heavy atom. The topological polar surface area (TPSA) is 3.24 Å². The number of hydrogen-bond acceptors (Lipinski definition) is 1. The van der Waals surface area contributed by atoms with Crippen molar-refractivity contribution in [3.8, 4) is 0 Å².